The highest BCUT2D eigenvalue weighted by molar-refractivity contribution is 5.73. The molecule has 260 valence electrons. The third kappa shape index (κ3) is 8.90. The standard InChI is InChI=1S/C32H42O15/c1-16-25(37)26(38)27(39)31(44-16)47-30-28(40)29(46-24(36)6-4-5-17-7-9-19(34)21(13-17)41-2)23(15-33)45-32(30)43-12-11-18-8-10-20(35)22(14-18)42-3/h4-5,7-10,13-14,16,23,25-35,37-40H,6,11-12,15H2,1-3H3/t16-,23+,25-,26+,27+,28-,29+,30+,31-,32+/m0/s1. The second kappa shape index (κ2) is 16.5. The molecular weight excluding hydrogens is 624 g/mol. The lowest BCUT2D eigenvalue weighted by Gasteiger charge is -2.46. The Morgan fingerprint density at radius 3 is 2.21 bits per heavy atom. The van der Waals surface area contributed by atoms with E-state index in [1.807, 2.05) is 0 Å². The molecule has 2 saturated heterocycles. The summed E-state index contributed by atoms with van der Waals surface area (Å²) in [6.45, 7) is 0.773. The van der Waals surface area contributed by atoms with Crippen LogP contribution in [0.2, 0.25) is 0 Å². The summed E-state index contributed by atoms with van der Waals surface area (Å²) in [4.78, 5) is 12.8. The fourth-order valence-corrected chi connectivity index (χ4v) is 5.21. The molecule has 0 amide bonds. The third-order valence-corrected chi connectivity index (χ3v) is 7.88. The molecule has 10 atom stereocenters. The zero-order valence-electron chi connectivity index (χ0n) is 26.1. The SMILES string of the molecule is COc1cc(C=CCC(=O)O[C@H]2[C@H](O)[C@@H](O[C@@H]3O[C@@H](C)[C@H](O)[C@@H](O)[C@H]3O)[C@H](OCCc3ccc(O)c(OC)c3)O[C@@H]2CO)ccc1O. The van der Waals surface area contributed by atoms with Crippen molar-refractivity contribution in [2.45, 2.75) is 81.2 Å². The summed E-state index contributed by atoms with van der Waals surface area (Å²) in [6, 6.07) is 9.34. The minimum atomic E-state index is -1.72. The first-order valence-corrected chi connectivity index (χ1v) is 15.0. The zero-order chi connectivity index (χ0) is 34.2. The van der Waals surface area contributed by atoms with E-state index in [-0.39, 0.29) is 36.0 Å². The topological polar surface area (TPSA) is 223 Å². The molecule has 7 N–H and O–H groups in total. The first-order valence-electron chi connectivity index (χ1n) is 15.0. The van der Waals surface area contributed by atoms with E-state index < -0.39 is 74.0 Å². The van der Waals surface area contributed by atoms with Crippen LogP contribution >= 0.6 is 0 Å². The van der Waals surface area contributed by atoms with E-state index in [1.165, 1.54) is 39.4 Å². The Hall–Kier alpha value is -3.51. The summed E-state index contributed by atoms with van der Waals surface area (Å²) in [6.07, 6.45) is -11.3. The molecule has 15 heteroatoms. The number of rotatable bonds is 13. The van der Waals surface area contributed by atoms with Gasteiger partial charge < -0.3 is 68.9 Å². The van der Waals surface area contributed by atoms with Gasteiger partial charge in [-0.05, 0) is 48.7 Å². The molecule has 2 heterocycles. The van der Waals surface area contributed by atoms with E-state index in [4.69, 9.17) is 33.2 Å². The summed E-state index contributed by atoms with van der Waals surface area (Å²) in [5, 5.41) is 72.1. The highest BCUT2D eigenvalue weighted by atomic mass is 16.8. The largest absolute Gasteiger partial charge is 0.504 e. The van der Waals surface area contributed by atoms with Gasteiger partial charge in [0.1, 0.15) is 36.6 Å². The highest BCUT2D eigenvalue weighted by Crippen LogP contribution is 2.32. The molecule has 0 saturated carbocycles. The van der Waals surface area contributed by atoms with E-state index in [0.29, 0.717) is 12.0 Å². The molecule has 0 radical (unpaired) electrons. The minimum absolute atomic E-state index is 0.00750. The first kappa shape index (κ1) is 36.3. The van der Waals surface area contributed by atoms with E-state index in [0.717, 1.165) is 5.56 Å². The zero-order valence-corrected chi connectivity index (χ0v) is 26.1. The Morgan fingerprint density at radius 2 is 1.53 bits per heavy atom. The number of phenolic OH excluding ortho intramolecular Hbond substituents is 2. The van der Waals surface area contributed by atoms with Crippen LogP contribution in [0.5, 0.6) is 23.0 Å². The van der Waals surface area contributed by atoms with Crippen molar-refractivity contribution >= 4 is 12.0 Å². The van der Waals surface area contributed by atoms with Gasteiger partial charge in [0.05, 0.1) is 40.0 Å². The normalized spacial score (nSPS) is 31.1. The molecule has 15 nitrogen and oxygen atoms in total. The van der Waals surface area contributed by atoms with Gasteiger partial charge in [-0.15, -0.1) is 0 Å². The quantitative estimate of drug-likeness (QED) is 0.140. The Bertz CT molecular complexity index is 1350. The maximum absolute atomic E-state index is 12.8. The van der Waals surface area contributed by atoms with Crippen molar-refractivity contribution in [3.8, 4) is 23.0 Å². The van der Waals surface area contributed by atoms with Crippen LogP contribution in [0.15, 0.2) is 42.5 Å². The smallest absolute Gasteiger partial charge is 0.310 e. The number of aliphatic hydroxyl groups excluding tert-OH is 5. The summed E-state index contributed by atoms with van der Waals surface area (Å²) in [7, 11) is 2.82. The number of carbonyl (C=O) groups is 1. The van der Waals surface area contributed by atoms with Crippen molar-refractivity contribution < 1.29 is 73.7 Å². The van der Waals surface area contributed by atoms with Crippen LogP contribution < -0.4 is 9.47 Å². The van der Waals surface area contributed by atoms with Gasteiger partial charge in [0.2, 0.25) is 0 Å². The maximum Gasteiger partial charge on any atom is 0.310 e. The highest BCUT2D eigenvalue weighted by Gasteiger charge is 2.52. The van der Waals surface area contributed by atoms with E-state index in [9.17, 15) is 40.5 Å². The van der Waals surface area contributed by atoms with Crippen LogP contribution in [0.3, 0.4) is 0 Å². The lowest BCUT2D eigenvalue weighted by atomic mass is 9.97. The van der Waals surface area contributed by atoms with E-state index in [2.05, 4.69) is 0 Å². The van der Waals surface area contributed by atoms with Gasteiger partial charge >= 0.3 is 5.97 Å². The molecule has 0 spiro atoms. The molecule has 47 heavy (non-hydrogen) atoms. The Balaban J connectivity index is 1.48. The van der Waals surface area contributed by atoms with Crippen molar-refractivity contribution in [1.29, 1.82) is 0 Å². The monoisotopic (exact) mass is 666 g/mol. The van der Waals surface area contributed by atoms with Crippen LogP contribution in [-0.2, 0) is 34.9 Å². The second-order valence-electron chi connectivity index (χ2n) is 11.1. The van der Waals surface area contributed by atoms with E-state index in [1.54, 1.807) is 30.3 Å². The number of aliphatic hydroxyl groups is 5. The predicted molar refractivity (Wildman–Crippen MR) is 161 cm³/mol. The third-order valence-electron chi connectivity index (χ3n) is 7.88. The van der Waals surface area contributed by atoms with Crippen molar-refractivity contribution in [2.75, 3.05) is 27.4 Å². The molecule has 2 aromatic carbocycles. The first-order chi connectivity index (χ1) is 22.5. The Morgan fingerprint density at radius 1 is 0.851 bits per heavy atom. The number of hydrogen-bond donors (Lipinski definition) is 7. The van der Waals surface area contributed by atoms with Crippen molar-refractivity contribution in [2.24, 2.45) is 0 Å². The van der Waals surface area contributed by atoms with Crippen LogP contribution in [0.25, 0.3) is 6.08 Å². The molecular formula is C32H42O15. The number of methoxy groups -OCH3 is 2. The van der Waals surface area contributed by atoms with E-state index >= 15 is 0 Å². The average molecular weight is 667 g/mol. The van der Waals surface area contributed by atoms with Crippen LogP contribution in [0, 0.1) is 0 Å². The summed E-state index contributed by atoms with van der Waals surface area (Å²) in [5.41, 5.74) is 1.36. The Kier molecular flexibility index (Phi) is 12.8. The number of carbonyl (C=O) groups excluding carboxylic acids is 1. The summed E-state index contributed by atoms with van der Waals surface area (Å²) >= 11 is 0. The van der Waals surface area contributed by atoms with Crippen molar-refractivity contribution in [3.05, 3.63) is 53.6 Å². The maximum atomic E-state index is 12.8. The molecule has 0 bridgehead atoms. The molecule has 2 aromatic rings. The van der Waals surface area contributed by atoms with Crippen LogP contribution in [-0.4, -0.2) is 131 Å². The second-order valence-corrected chi connectivity index (χ2v) is 11.1. The molecule has 0 unspecified atom stereocenters. The van der Waals surface area contributed by atoms with Crippen molar-refractivity contribution in [3.63, 3.8) is 0 Å². The van der Waals surface area contributed by atoms with Gasteiger partial charge in [-0.25, -0.2) is 0 Å². The lowest BCUT2D eigenvalue weighted by Crippen LogP contribution is -2.64. The van der Waals surface area contributed by atoms with Crippen LogP contribution in [0.4, 0.5) is 0 Å². The number of aromatic hydroxyl groups is 2. The van der Waals surface area contributed by atoms with Gasteiger partial charge in [-0.2, -0.15) is 0 Å². The molecule has 2 fully saturated rings. The minimum Gasteiger partial charge on any atom is -0.504 e. The number of hydrogen-bond acceptors (Lipinski definition) is 15. The van der Waals surface area contributed by atoms with Gasteiger partial charge in [-0.3, -0.25) is 4.79 Å². The Labute approximate surface area is 271 Å². The van der Waals surface area contributed by atoms with Gasteiger partial charge in [0.15, 0.2) is 41.7 Å². The van der Waals surface area contributed by atoms with Gasteiger partial charge in [0, 0.05) is 0 Å². The lowest BCUT2D eigenvalue weighted by molar-refractivity contribution is -0.364. The molecule has 4 rings (SSSR count). The summed E-state index contributed by atoms with van der Waals surface area (Å²) in [5.74, 6) is -0.361. The summed E-state index contributed by atoms with van der Waals surface area (Å²) < 4.78 is 38.9. The fraction of sp³-hybridized carbons (Fsp3) is 0.531. The van der Waals surface area contributed by atoms with Gasteiger partial charge in [0.25, 0.3) is 0 Å². The predicted octanol–water partition coefficient (Wildman–Crippen LogP) is -0.0198. The molecule has 0 aromatic heterocycles. The number of ether oxygens (including phenoxy) is 7. The average Bonchev–Trinajstić information content (AvgIpc) is 3.06. The van der Waals surface area contributed by atoms with Crippen molar-refractivity contribution in [1.82, 2.24) is 0 Å². The number of phenols is 2. The van der Waals surface area contributed by atoms with Gasteiger partial charge in [-0.1, -0.05) is 24.3 Å². The molecule has 2 aliphatic rings. The molecule has 2 aliphatic heterocycles. The number of benzene rings is 2. The fourth-order valence-electron chi connectivity index (χ4n) is 5.21. The number of esters is 1. The molecule has 0 aliphatic carbocycles. The van der Waals surface area contributed by atoms with Crippen LogP contribution in [0.1, 0.15) is 24.5 Å².